The second-order valence-electron chi connectivity index (χ2n) is 6.88. The van der Waals surface area contributed by atoms with Gasteiger partial charge >= 0.3 is 0 Å². The zero-order valence-electron chi connectivity index (χ0n) is 15.2. The lowest BCUT2D eigenvalue weighted by Gasteiger charge is -2.22. The van der Waals surface area contributed by atoms with Gasteiger partial charge in [-0.1, -0.05) is 31.0 Å². The molecule has 1 saturated carbocycles. The van der Waals surface area contributed by atoms with Crippen molar-refractivity contribution >= 4 is 17.7 Å². The summed E-state index contributed by atoms with van der Waals surface area (Å²) in [5.41, 5.74) is 0.794. The maximum Gasteiger partial charge on any atom is 0.233 e. The molecule has 26 heavy (non-hydrogen) atoms. The first-order valence-electron chi connectivity index (χ1n) is 9.14. The monoisotopic (exact) mass is 376 g/mol. The third-order valence-corrected chi connectivity index (χ3v) is 6.01. The Labute approximate surface area is 157 Å². The first kappa shape index (κ1) is 18.9. The number of benzene rings is 1. The first-order chi connectivity index (χ1) is 12.5. The SMILES string of the molecule is C[C@H](Sc1nnc(-c2ccc(F)cc2)n1C)C(=O)NCC1CCCCC1. The largest absolute Gasteiger partial charge is 0.355 e. The quantitative estimate of drug-likeness (QED) is 0.779. The molecule has 0 unspecified atom stereocenters. The third-order valence-electron chi connectivity index (χ3n) is 4.88. The highest BCUT2D eigenvalue weighted by Gasteiger charge is 2.21. The number of carbonyl (C=O) groups excluding carboxylic acids is 1. The number of amides is 1. The summed E-state index contributed by atoms with van der Waals surface area (Å²) in [6.07, 6.45) is 6.30. The Morgan fingerprint density at radius 3 is 2.65 bits per heavy atom. The van der Waals surface area contributed by atoms with Crippen LogP contribution in [0.25, 0.3) is 11.4 Å². The van der Waals surface area contributed by atoms with E-state index in [-0.39, 0.29) is 17.0 Å². The van der Waals surface area contributed by atoms with E-state index in [1.54, 1.807) is 12.1 Å². The van der Waals surface area contributed by atoms with E-state index in [9.17, 15) is 9.18 Å². The normalized spacial score (nSPS) is 16.4. The molecule has 1 aromatic heterocycles. The number of hydrogen-bond donors (Lipinski definition) is 1. The second-order valence-corrected chi connectivity index (χ2v) is 8.19. The number of aromatic nitrogens is 3. The molecule has 1 N–H and O–H groups in total. The minimum Gasteiger partial charge on any atom is -0.355 e. The molecule has 7 heteroatoms. The van der Waals surface area contributed by atoms with E-state index in [2.05, 4.69) is 15.5 Å². The van der Waals surface area contributed by atoms with Crippen LogP contribution in [-0.2, 0) is 11.8 Å². The predicted octanol–water partition coefficient (Wildman–Crippen LogP) is 3.80. The van der Waals surface area contributed by atoms with E-state index in [0.29, 0.717) is 16.9 Å². The van der Waals surface area contributed by atoms with Crippen LogP contribution in [0.5, 0.6) is 0 Å². The summed E-state index contributed by atoms with van der Waals surface area (Å²) in [6, 6.07) is 6.15. The summed E-state index contributed by atoms with van der Waals surface area (Å²) in [7, 11) is 1.85. The van der Waals surface area contributed by atoms with Crippen molar-refractivity contribution in [1.82, 2.24) is 20.1 Å². The molecular formula is C19H25FN4OS. The number of rotatable bonds is 6. The molecule has 1 aliphatic rings. The molecule has 0 bridgehead atoms. The molecule has 1 aromatic carbocycles. The van der Waals surface area contributed by atoms with Crippen LogP contribution >= 0.6 is 11.8 Å². The molecule has 140 valence electrons. The first-order valence-corrected chi connectivity index (χ1v) is 10.0. The minimum atomic E-state index is -0.284. The Bertz CT molecular complexity index is 740. The van der Waals surface area contributed by atoms with Crippen LogP contribution in [0.1, 0.15) is 39.0 Å². The van der Waals surface area contributed by atoms with Gasteiger partial charge in [-0.25, -0.2) is 4.39 Å². The lowest BCUT2D eigenvalue weighted by molar-refractivity contribution is -0.120. The van der Waals surface area contributed by atoms with E-state index in [1.165, 1.54) is 56.0 Å². The van der Waals surface area contributed by atoms with E-state index >= 15 is 0 Å². The Hall–Kier alpha value is -1.89. The molecule has 0 radical (unpaired) electrons. The smallest absolute Gasteiger partial charge is 0.233 e. The number of halogens is 1. The molecule has 1 amide bonds. The van der Waals surface area contributed by atoms with Gasteiger partial charge in [-0.15, -0.1) is 10.2 Å². The maximum atomic E-state index is 13.1. The summed E-state index contributed by atoms with van der Waals surface area (Å²) in [5.74, 6) is 1.02. The van der Waals surface area contributed by atoms with Crippen LogP contribution in [0.4, 0.5) is 4.39 Å². The van der Waals surface area contributed by atoms with Crippen LogP contribution in [-0.4, -0.2) is 32.5 Å². The highest BCUT2D eigenvalue weighted by molar-refractivity contribution is 8.00. The fourth-order valence-electron chi connectivity index (χ4n) is 3.26. The molecule has 1 atom stereocenters. The van der Waals surface area contributed by atoms with Crippen molar-refractivity contribution in [3.05, 3.63) is 30.1 Å². The summed E-state index contributed by atoms with van der Waals surface area (Å²) in [4.78, 5) is 12.4. The van der Waals surface area contributed by atoms with Crippen LogP contribution in [0.15, 0.2) is 29.4 Å². The average Bonchev–Trinajstić information content (AvgIpc) is 3.01. The Morgan fingerprint density at radius 2 is 1.96 bits per heavy atom. The highest BCUT2D eigenvalue weighted by Crippen LogP contribution is 2.26. The zero-order chi connectivity index (χ0) is 18.5. The van der Waals surface area contributed by atoms with Gasteiger partial charge in [-0.05, 0) is 49.9 Å². The minimum absolute atomic E-state index is 0.0342. The average molecular weight is 377 g/mol. The Kier molecular flexibility index (Phi) is 6.29. The molecule has 5 nitrogen and oxygen atoms in total. The lowest BCUT2D eigenvalue weighted by Crippen LogP contribution is -2.35. The van der Waals surface area contributed by atoms with Gasteiger partial charge in [0.05, 0.1) is 5.25 Å². The number of hydrogen-bond acceptors (Lipinski definition) is 4. The highest BCUT2D eigenvalue weighted by atomic mass is 32.2. The fraction of sp³-hybridized carbons (Fsp3) is 0.526. The van der Waals surface area contributed by atoms with E-state index in [0.717, 1.165) is 12.1 Å². The second kappa shape index (κ2) is 8.66. The summed E-state index contributed by atoms with van der Waals surface area (Å²) in [5, 5.41) is 11.9. The summed E-state index contributed by atoms with van der Waals surface area (Å²) < 4.78 is 14.9. The number of carbonyl (C=O) groups is 1. The maximum absolute atomic E-state index is 13.1. The van der Waals surface area contributed by atoms with Crippen molar-refractivity contribution in [3.8, 4) is 11.4 Å². The van der Waals surface area contributed by atoms with Gasteiger partial charge in [0.2, 0.25) is 5.91 Å². The number of thioether (sulfide) groups is 1. The van der Waals surface area contributed by atoms with Gasteiger partial charge in [0.15, 0.2) is 11.0 Å². The molecule has 0 aliphatic heterocycles. The Morgan fingerprint density at radius 1 is 1.27 bits per heavy atom. The molecule has 1 aliphatic carbocycles. The van der Waals surface area contributed by atoms with Crippen LogP contribution in [0.2, 0.25) is 0 Å². The number of nitrogens with zero attached hydrogens (tertiary/aromatic N) is 3. The van der Waals surface area contributed by atoms with Crippen LogP contribution < -0.4 is 5.32 Å². The Balaban J connectivity index is 1.57. The van der Waals surface area contributed by atoms with Gasteiger partial charge in [-0.3, -0.25) is 4.79 Å². The number of nitrogens with one attached hydrogen (secondary N) is 1. The fourth-order valence-corrected chi connectivity index (χ4v) is 4.10. The van der Waals surface area contributed by atoms with Crippen molar-refractivity contribution in [2.75, 3.05) is 6.54 Å². The molecule has 1 heterocycles. The van der Waals surface area contributed by atoms with Crippen molar-refractivity contribution in [3.63, 3.8) is 0 Å². The van der Waals surface area contributed by atoms with Gasteiger partial charge in [0.25, 0.3) is 0 Å². The topological polar surface area (TPSA) is 59.8 Å². The van der Waals surface area contributed by atoms with Gasteiger partial charge in [0.1, 0.15) is 5.82 Å². The van der Waals surface area contributed by atoms with Gasteiger partial charge in [-0.2, -0.15) is 0 Å². The molecular weight excluding hydrogens is 351 g/mol. The molecule has 2 aromatic rings. The predicted molar refractivity (Wildman–Crippen MR) is 101 cm³/mol. The van der Waals surface area contributed by atoms with Crippen molar-refractivity contribution in [2.45, 2.75) is 49.4 Å². The van der Waals surface area contributed by atoms with Crippen molar-refractivity contribution in [1.29, 1.82) is 0 Å². The molecule has 1 fully saturated rings. The zero-order valence-corrected chi connectivity index (χ0v) is 16.1. The molecule has 0 spiro atoms. The molecule has 3 rings (SSSR count). The summed E-state index contributed by atoms with van der Waals surface area (Å²) in [6.45, 7) is 2.65. The lowest BCUT2D eigenvalue weighted by atomic mass is 9.89. The standard InChI is InChI=1S/C19H25FN4OS/c1-13(18(25)21-12-14-6-4-3-5-7-14)26-19-23-22-17(24(19)2)15-8-10-16(20)11-9-15/h8-11,13-14H,3-7,12H2,1-2H3,(H,21,25)/t13-/m0/s1. The van der Waals surface area contributed by atoms with Crippen LogP contribution in [0, 0.1) is 11.7 Å². The third kappa shape index (κ3) is 4.63. The summed E-state index contributed by atoms with van der Waals surface area (Å²) >= 11 is 1.39. The van der Waals surface area contributed by atoms with E-state index in [4.69, 9.17) is 0 Å². The van der Waals surface area contributed by atoms with Gasteiger partial charge < -0.3 is 9.88 Å². The van der Waals surface area contributed by atoms with Crippen molar-refractivity contribution < 1.29 is 9.18 Å². The van der Waals surface area contributed by atoms with E-state index in [1.807, 2.05) is 18.5 Å². The van der Waals surface area contributed by atoms with E-state index < -0.39 is 0 Å². The van der Waals surface area contributed by atoms with Gasteiger partial charge in [0, 0.05) is 19.2 Å². The molecule has 0 saturated heterocycles. The van der Waals surface area contributed by atoms with Crippen LogP contribution in [0.3, 0.4) is 0 Å². The van der Waals surface area contributed by atoms with Crippen molar-refractivity contribution in [2.24, 2.45) is 13.0 Å².